The molecule has 1 aromatic heterocycles. The molecule has 0 spiro atoms. The van der Waals surface area contributed by atoms with E-state index in [2.05, 4.69) is 26.2 Å². The Morgan fingerprint density at radius 3 is 2.94 bits per heavy atom. The van der Waals surface area contributed by atoms with Crippen LogP contribution in [-0.4, -0.2) is 36.4 Å². The second-order valence-electron chi connectivity index (χ2n) is 3.64. The second-order valence-corrected chi connectivity index (χ2v) is 4.96. The maximum Gasteiger partial charge on any atom is 0.249 e. The fraction of sp³-hybridized carbons (Fsp3) is 0.273. The van der Waals surface area contributed by atoms with Crippen LogP contribution in [-0.2, 0) is 4.79 Å². The van der Waals surface area contributed by atoms with E-state index in [1.165, 1.54) is 6.08 Å². The van der Waals surface area contributed by atoms with Crippen LogP contribution < -0.4 is 5.32 Å². The number of pyridine rings is 1. The molecule has 0 aliphatic heterocycles. The summed E-state index contributed by atoms with van der Waals surface area (Å²) < 4.78 is 0.767. The van der Waals surface area contributed by atoms with Gasteiger partial charge in [-0.2, -0.15) is 0 Å². The maximum absolute atomic E-state index is 11.5. The van der Waals surface area contributed by atoms with Crippen molar-refractivity contribution < 1.29 is 4.79 Å². The second kappa shape index (κ2) is 6.74. The van der Waals surface area contributed by atoms with Gasteiger partial charge in [-0.1, -0.05) is 17.7 Å². The van der Waals surface area contributed by atoms with Crippen molar-refractivity contribution in [3.8, 4) is 0 Å². The van der Waals surface area contributed by atoms with E-state index in [1.807, 2.05) is 19.0 Å². The summed E-state index contributed by atoms with van der Waals surface area (Å²) in [6.07, 6.45) is 4.80. The summed E-state index contributed by atoms with van der Waals surface area (Å²) in [6, 6.07) is 1.67. The first-order chi connectivity index (χ1) is 7.99. The zero-order valence-electron chi connectivity index (χ0n) is 9.58. The van der Waals surface area contributed by atoms with E-state index in [4.69, 9.17) is 11.6 Å². The Morgan fingerprint density at radius 1 is 1.65 bits per heavy atom. The third kappa shape index (κ3) is 5.30. The summed E-state index contributed by atoms with van der Waals surface area (Å²) in [7, 11) is 3.85. The first-order valence-corrected chi connectivity index (χ1v) is 6.09. The summed E-state index contributed by atoms with van der Waals surface area (Å²) >= 11 is 9.16. The van der Waals surface area contributed by atoms with Crippen LogP contribution in [0.25, 0.3) is 0 Å². The third-order valence-electron chi connectivity index (χ3n) is 1.79. The van der Waals surface area contributed by atoms with Gasteiger partial charge < -0.3 is 10.2 Å². The van der Waals surface area contributed by atoms with Gasteiger partial charge >= 0.3 is 0 Å². The number of hydrogen-bond acceptors (Lipinski definition) is 3. The van der Waals surface area contributed by atoms with Gasteiger partial charge in [0, 0.05) is 23.3 Å². The highest BCUT2D eigenvalue weighted by molar-refractivity contribution is 9.10. The van der Waals surface area contributed by atoms with Gasteiger partial charge in [0.15, 0.2) is 5.82 Å². The van der Waals surface area contributed by atoms with Gasteiger partial charge in [-0.25, -0.2) is 4.98 Å². The fourth-order valence-electron chi connectivity index (χ4n) is 1.04. The number of nitrogens with one attached hydrogen (secondary N) is 1. The number of carbonyl (C=O) groups is 1. The van der Waals surface area contributed by atoms with Crippen molar-refractivity contribution in [2.45, 2.75) is 0 Å². The molecule has 17 heavy (non-hydrogen) atoms. The normalized spacial score (nSPS) is 11.1. The molecular weight excluding hydrogens is 305 g/mol. The maximum atomic E-state index is 11.5. The summed E-state index contributed by atoms with van der Waals surface area (Å²) in [5, 5.41) is 3.00. The molecule has 1 N–H and O–H groups in total. The van der Waals surface area contributed by atoms with E-state index in [0.29, 0.717) is 17.4 Å². The molecule has 0 bridgehead atoms. The smallest absolute Gasteiger partial charge is 0.249 e. The minimum absolute atomic E-state index is 0.247. The monoisotopic (exact) mass is 317 g/mol. The molecule has 0 aliphatic rings. The molecule has 1 rings (SSSR count). The van der Waals surface area contributed by atoms with Gasteiger partial charge in [-0.15, -0.1) is 0 Å². The molecule has 0 atom stereocenters. The molecule has 1 amide bonds. The lowest BCUT2D eigenvalue weighted by Crippen LogP contribution is -2.13. The van der Waals surface area contributed by atoms with Crippen molar-refractivity contribution in [1.82, 2.24) is 9.88 Å². The molecular formula is C11H13BrClN3O. The molecule has 0 aromatic carbocycles. The number of amides is 1. The summed E-state index contributed by atoms with van der Waals surface area (Å²) in [6.45, 7) is 0.703. The average Bonchev–Trinajstić information content (AvgIpc) is 2.21. The Balaban J connectivity index is 2.59. The zero-order chi connectivity index (χ0) is 12.8. The van der Waals surface area contributed by atoms with Gasteiger partial charge in [0.1, 0.15) is 0 Å². The Morgan fingerprint density at radius 2 is 2.35 bits per heavy atom. The number of likely N-dealkylation sites (N-methyl/N-ethyl adjacent to an activating group) is 1. The standard InChI is InChI=1S/C11H13BrClN3O/c1-16(2)5-3-4-10(17)15-11-9(13)6-8(12)7-14-11/h3-4,6-7H,5H2,1-2H3,(H,14,15,17)/b4-3+. The van der Waals surface area contributed by atoms with Gasteiger partial charge in [-0.05, 0) is 36.1 Å². The summed E-state index contributed by atoms with van der Waals surface area (Å²) in [4.78, 5) is 17.5. The van der Waals surface area contributed by atoms with Crippen LogP contribution in [0.5, 0.6) is 0 Å². The molecule has 0 saturated heterocycles. The number of rotatable bonds is 4. The molecule has 4 nitrogen and oxygen atoms in total. The van der Waals surface area contributed by atoms with Crippen LogP contribution in [0.15, 0.2) is 28.9 Å². The van der Waals surface area contributed by atoms with Gasteiger partial charge in [-0.3, -0.25) is 4.79 Å². The highest BCUT2D eigenvalue weighted by Gasteiger charge is 2.04. The van der Waals surface area contributed by atoms with Crippen LogP contribution in [0, 0.1) is 0 Å². The quantitative estimate of drug-likeness (QED) is 0.868. The number of hydrogen-bond donors (Lipinski definition) is 1. The van der Waals surface area contributed by atoms with Crippen molar-refractivity contribution in [1.29, 1.82) is 0 Å². The SMILES string of the molecule is CN(C)C/C=C/C(=O)Nc1ncc(Br)cc1Cl. The van der Waals surface area contributed by atoms with Crippen molar-refractivity contribution in [3.63, 3.8) is 0 Å². The van der Waals surface area contributed by atoms with Crippen LogP contribution >= 0.6 is 27.5 Å². The highest BCUT2D eigenvalue weighted by atomic mass is 79.9. The Hall–Kier alpha value is -0.910. The lowest BCUT2D eigenvalue weighted by Gasteiger charge is -2.05. The topological polar surface area (TPSA) is 45.2 Å². The molecule has 6 heteroatoms. The first kappa shape index (κ1) is 14.2. The van der Waals surface area contributed by atoms with Crippen LogP contribution in [0.2, 0.25) is 5.02 Å². The Kier molecular flexibility index (Phi) is 5.61. The minimum atomic E-state index is -0.247. The van der Waals surface area contributed by atoms with Crippen molar-refractivity contribution in [2.75, 3.05) is 26.0 Å². The summed E-state index contributed by atoms with van der Waals surface area (Å²) in [5.74, 6) is 0.109. The average molecular weight is 319 g/mol. The number of anilines is 1. The summed E-state index contributed by atoms with van der Waals surface area (Å²) in [5.41, 5.74) is 0. The van der Waals surface area contributed by atoms with E-state index < -0.39 is 0 Å². The van der Waals surface area contributed by atoms with Crippen LogP contribution in [0.4, 0.5) is 5.82 Å². The predicted molar refractivity (Wildman–Crippen MR) is 73.3 cm³/mol. The fourth-order valence-corrected chi connectivity index (χ4v) is 1.71. The number of aromatic nitrogens is 1. The molecule has 0 unspecified atom stereocenters. The lowest BCUT2D eigenvalue weighted by atomic mass is 10.4. The third-order valence-corrected chi connectivity index (χ3v) is 2.51. The van der Waals surface area contributed by atoms with E-state index in [1.54, 1.807) is 18.3 Å². The number of nitrogens with zero attached hydrogens (tertiary/aromatic N) is 2. The molecule has 1 heterocycles. The van der Waals surface area contributed by atoms with E-state index >= 15 is 0 Å². The van der Waals surface area contributed by atoms with Crippen LogP contribution in [0.3, 0.4) is 0 Å². The first-order valence-electron chi connectivity index (χ1n) is 4.92. The van der Waals surface area contributed by atoms with Crippen molar-refractivity contribution in [3.05, 3.63) is 33.9 Å². The molecule has 1 aromatic rings. The van der Waals surface area contributed by atoms with Crippen LogP contribution in [0.1, 0.15) is 0 Å². The Bertz CT molecular complexity index is 435. The molecule has 0 radical (unpaired) electrons. The van der Waals surface area contributed by atoms with E-state index in [0.717, 1.165) is 4.47 Å². The largest absolute Gasteiger partial charge is 0.306 e. The molecule has 0 aliphatic carbocycles. The molecule has 0 saturated carbocycles. The van der Waals surface area contributed by atoms with Gasteiger partial charge in [0.05, 0.1) is 5.02 Å². The zero-order valence-corrected chi connectivity index (χ0v) is 11.9. The lowest BCUT2D eigenvalue weighted by molar-refractivity contribution is -0.111. The number of carbonyl (C=O) groups excluding carboxylic acids is 1. The predicted octanol–water partition coefficient (Wildman–Crippen LogP) is 2.55. The van der Waals surface area contributed by atoms with Crippen molar-refractivity contribution >= 4 is 39.3 Å². The van der Waals surface area contributed by atoms with Gasteiger partial charge in [0.2, 0.25) is 5.91 Å². The highest BCUT2D eigenvalue weighted by Crippen LogP contribution is 2.22. The van der Waals surface area contributed by atoms with E-state index in [9.17, 15) is 4.79 Å². The van der Waals surface area contributed by atoms with Crippen molar-refractivity contribution in [2.24, 2.45) is 0 Å². The molecule has 0 fully saturated rings. The van der Waals surface area contributed by atoms with E-state index in [-0.39, 0.29) is 5.91 Å². The molecule has 92 valence electrons. The minimum Gasteiger partial charge on any atom is -0.306 e. The Labute approximate surface area is 114 Å². The van der Waals surface area contributed by atoms with Gasteiger partial charge in [0.25, 0.3) is 0 Å². The number of halogens is 2.